The SMILES string of the molecule is COc1cc(C)c(F)cc1[C@@H]1O[C@H](COP(=O)(O)OP(=O)(O)OP(=O)(O)O)C(O)[C@@H]1O. The summed E-state index contributed by atoms with van der Waals surface area (Å²) < 4.78 is 69.6. The van der Waals surface area contributed by atoms with E-state index in [1.54, 1.807) is 0 Å². The standard InChI is InChI=1S/C13H20FO14P3/c1-6-3-9(24-2)7(4-8(6)14)13-12(16)11(15)10(26-13)5-25-30(20,21)28-31(22,23)27-29(17,18)19/h3-4,10-13,15-16H,5H2,1-2H3,(H,20,21)(H,22,23)(H2,17,18,19)/t10-,11?,12+,13+/m1/s1. The molecule has 178 valence electrons. The van der Waals surface area contributed by atoms with Gasteiger partial charge in [0.15, 0.2) is 0 Å². The van der Waals surface area contributed by atoms with Gasteiger partial charge in [0, 0.05) is 5.56 Å². The fraction of sp³-hybridized carbons (Fsp3) is 0.538. The Hall–Kier alpha value is -0.760. The predicted molar refractivity (Wildman–Crippen MR) is 97.1 cm³/mol. The Balaban J connectivity index is 2.11. The highest BCUT2D eigenvalue weighted by Crippen LogP contribution is 2.66. The molecule has 0 spiro atoms. The predicted octanol–water partition coefficient (Wildman–Crippen LogP) is 0.648. The summed E-state index contributed by atoms with van der Waals surface area (Å²) in [5.41, 5.74) is 0.260. The molecule has 1 aliphatic heterocycles. The van der Waals surface area contributed by atoms with Gasteiger partial charge in [-0.3, -0.25) is 4.52 Å². The normalized spacial score (nSPS) is 28.2. The number of phosphoric ester groups is 1. The highest BCUT2D eigenvalue weighted by Gasteiger charge is 2.47. The van der Waals surface area contributed by atoms with E-state index in [0.717, 1.165) is 6.07 Å². The molecule has 1 aliphatic rings. The number of ether oxygens (including phenoxy) is 2. The van der Waals surface area contributed by atoms with Crippen LogP contribution in [0.3, 0.4) is 0 Å². The molecular formula is C13H20FO14P3. The van der Waals surface area contributed by atoms with Crippen molar-refractivity contribution in [3.63, 3.8) is 0 Å². The molecule has 0 amide bonds. The van der Waals surface area contributed by atoms with Crippen LogP contribution in [-0.4, -0.2) is 61.8 Å². The molecule has 0 aromatic heterocycles. The quantitative estimate of drug-likeness (QED) is 0.250. The van der Waals surface area contributed by atoms with E-state index in [1.807, 2.05) is 0 Å². The van der Waals surface area contributed by atoms with E-state index < -0.39 is 60.3 Å². The van der Waals surface area contributed by atoms with E-state index in [9.17, 15) is 33.2 Å². The fourth-order valence-electron chi connectivity index (χ4n) is 2.68. The minimum absolute atomic E-state index is 0.0259. The van der Waals surface area contributed by atoms with Crippen molar-refractivity contribution in [2.75, 3.05) is 13.7 Å². The summed E-state index contributed by atoms with van der Waals surface area (Å²) in [6.45, 7) is 0.475. The second-order valence-electron chi connectivity index (χ2n) is 6.31. The molecular weight excluding hydrogens is 492 g/mol. The molecule has 1 heterocycles. The number of hydrogen-bond donors (Lipinski definition) is 6. The Kier molecular flexibility index (Phi) is 8.22. The molecule has 0 saturated carbocycles. The number of rotatable bonds is 9. The number of hydrogen-bond acceptors (Lipinski definition) is 10. The average Bonchev–Trinajstić information content (AvgIpc) is 2.87. The lowest BCUT2D eigenvalue weighted by molar-refractivity contribution is -0.0228. The zero-order valence-corrected chi connectivity index (χ0v) is 18.5. The van der Waals surface area contributed by atoms with E-state index in [-0.39, 0.29) is 16.9 Å². The first-order chi connectivity index (χ1) is 14.1. The molecule has 2 rings (SSSR count). The molecule has 14 nitrogen and oxygen atoms in total. The van der Waals surface area contributed by atoms with Gasteiger partial charge in [-0.25, -0.2) is 18.1 Å². The smallest absolute Gasteiger partial charge is 0.490 e. The van der Waals surface area contributed by atoms with Crippen molar-refractivity contribution >= 4 is 23.5 Å². The minimum Gasteiger partial charge on any atom is -0.496 e. The summed E-state index contributed by atoms with van der Waals surface area (Å²) in [7, 11) is -15.5. The number of halogens is 1. The molecule has 0 radical (unpaired) electrons. The van der Waals surface area contributed by atoms with Gasteiger partial charge in [0.05, 0.1) is 13.7 Å². The van der Waals surface area contributed by atoms with Gasteiger partial charge in [0.25, 0.3) is 0 Å². The Morgan fingerprint density at radius 2 is 1.65 bits per heavy atom. The first kappa shape index (κ1) is 26.5. The number of methoxy groups -OCH3 is 1. The van der Waals surface area contributed by atoms with Crippen molar-refractivity contribution in [3.8, 4) is 5.75 Å². The molecule has 6 N–H and O–H groups in total. The topological polar surface area (TPSA) is 219 Å². The van der Waals surface area contributed by atoms with E-state index in [0.29, 0.717) is 0 Å². The van der Waals surface area contributed by atoms with Gasteiger partial charge in [-0.2, -0.15) is 8.62 Å². The number of aliphatic hydroxyl groups excluding tert-OH is 2. The molecule has 1 fully saturated rings. The minimum atomic E-state index is -5.72. The van der Waals surface area contributed by atoms with E-state index in [1.165, 1.54) is 20.1 Å². The zero-order valence-electron chi connectivity index (χ0n) is 15.8. The maximum Gasteiger partial charge on any atom is 0.490 e. The van der Waals surface area contributed by atoms with Crippen LogP contribution >= 0.6 is 23.5 Å². The first-order valence-electron chi connectivity index (χ1n) is 8.19. The Bertz CT molecular complexity index is 950. The fourth-order valence-corrected chi connectivity index (χ4v) is 5.71. The summed E-state index contributed by atoms with van der Waals surface area (Å²) in [6.07, 6.45) is -6.20. The van der Waals surface area contributed by atoms with Crippen molar-refractivity contribution in [1.29, 1.82) is 0 Å². The Labute approximate surface area is 174 Å². The Morgan fingerprint density at radius 3 is 2.19 bits per heavy atom. The van der Waals surface area contributed by atoms with E-state index >= 15 is 0 Å². The largest absolute Gasteiger partial charge is 0.496 e. The molecule has 1 saturated heterocycles. The van der Waals surface area contributed by atoms with Gasteiger partial charge < -0.3 is 39.3 Å². The highest BCUT2D eigenvalue weighted by atomic mass is 31.3. The zero-order chi connectivity index (χ0) is 23.8. The summed E-state index contributed by atoms with van der Waals surface area (Å²) in [6, 6.07) is 2.34. The van der Waals surface area contributed by atoms with Gasteiger partial charge in [-0.1, -0.05) is 0 Å². The van der Waals surface area contributed by atoms with Crippen molar-refractivity contribution in [3.05, 3.63) is 29.1 Å². The third-order valence-corrected chi connectivity index (χ3v) is 7.80. The van der Waals surface area contributed by atoms with Crippen LogP contribution < -0.4 is 4.74 Å². The Morgan fingerprint density at radius 1 is 1.03 bits per heavy atom. The third kappa shape index (κ3) is 7.11. The highest BCUT2D eigenvalue weighted by molar-refractivity contribution is 7.66. The van der Waals surface area contributed by atoms with Crippen LogP contribution in [0.5, 0.6) is 5.75 Å². The van der Waals surface area contributed by atoms with Gasteiger partial charge in [-0.05, 0) is 24.6 Å². The summed E-state index contributed by atoms with van der Waals surface area (Å²) in [5.74, 6) is -0.526. The molecule has 0 bridgehead atoms. The summed E-state index contributed by atoms with van der Waals surface area (Å²) in [4.78, 5) is 35.5. The monoisotopic (exact) mass is 512 g/mol. The van der Waals surface area contributed by atoms with Crippen molar-refractivity contribution in [1.82, 2.24) is 0 Å². The molecule has 1 aromatic rings. The number of phosphoric acid groups is 3. The molecule has 31 heavy (non-hydrogen) atoms. The number of benzene rings is 1. The molecule has 3 unspecified atom stereocenters. The van der Waals surface area contributed by atoms with E-state index in [4.69, 9.17) is 24.2 Å². The number of aliphatic hydroxyl groups is 2. The van der Waals surface area contributed by atoms with Crippen LogP contribution in [-0.2, 0) is 31.6 Å². The van der Waals surface area contributed by atoms with Gasteiger partial charge >= 0.3 is 23.5 Å². The van der Waals surface area contributed by atoms with Crippen LogP contribution in [0.2, 0.25) is 0 Å². The maximum absolute atomic E-state index is 14.0. The van der Waals surface area contributed by atoms with Crippen molar-refractivity contribution in [2.45, 2.75) is 31.3 Å². The van der Waals surface area contributed by atoms with Crippen LogP contribution in [0.1, 0.15) is 17.2 Å². The van der Waals surface area contributed by atoms with Crippen LogP contribution in [0.25, 0.3) is 0 Å². The third-order valence-electron chi connectivity index (χ3n) is 4.00. The second-order valence-corrected chi connectivity index (χ2v) is 10.7. The summed E-state index contributed by atoms with van der Waals surface area (Å²) in [5, 5.41) is 20.4. The van der Waals surface area contributed by atoms with Gasteiger partial charge in [0.2, 0.25) is 0 Å². The lowest BCUT2D eigenvalue weighted by Crippen LogP contribution is -2.33. The molecule has 1 aromatic carbocycles. The molecule has 6 atom stereocenters. The van der Waals surface area contributed by atoms with Crippen molar-refractivity contribution < 1.29 is 70.5 Å². The average molecular weight is 512 g/mol. The van der Waals surface area contributed by atoms with E-state index in [2.05, 4.69) is 13.1 Å². The second kappa shape index (κ2) is 9.62. The first-order valence-corrected chi connectivity index (χ1v) is 12.7. The van der Waals surface area contributed by atoms with Gasteiger partial charge in [-0.15, -0.1) is 0 Å². The lowest BCUT2D eigenvalue weighted by Gasteiger charge is -2.19. The van der Waals surface area contributed by atoms with Crippen LogP contribution in [0, 0.1) is 12.7 Å². The number of aryl methyl sites for hydroxylation is 1. The maximum atomic E-state index is 14.0. The summed E-state index contributed by atoms with van der Waals surface area (Å²) >= 11 is 0. The van der Waals surface area contributed by atoms with Crippen LogP contribution in [0.4, 0.5) is 4.39 Å². The molecule has 0 aliphatic carbocycles. The van der Waals surface area contributed by atoms with Gasteiger partial charge in [0.1, 0.15) is 36.0 Å². The van der Waals surface area contributed by atoms with Crippen LogP contribution in [0.15, 0.2) is 12.1 Å². The molecule has 18 heteroatoms. The van der Waals surface area contributed by atoms with Crippen molar-refractivity contribution in [2.24, 2.45) is 0 Å². The lowest BCUT2D eigenvalue weighted by atomic mass is 9.99.